The summed E-state index contributed by atoms with van der Waals surface area (Å²) in [6.45, 7) is 2.88. The maximum atomic E-state index is 13.2. The van der Waals surface area contributed by atoms with Crippen LogP contribution in [0, 0.1) is 5.41 Å². The first-order valence-corrected chi connectivity index (χ1v) is 9.90. The molecule has 3 aromatic heterocycles. The second-order valence-corrected chi connectivity index (χ2v) is 7.89. The van der Waals surface area contributed by atoms with E-state index in [1.54, 1.807) is 12.4 Å². The number of imidazole rings is 1. The van der Waals surface area contributed by atoms with Crippen LogP contribution < -0.4 is 4.90 Å². The van der Waals surface area contributed by atoms with E-state index in [0.717, 1.165) is 49.0 Å². The molecule has 3 aromatic rings. The van der Waals surface area contributed by atoms with Crippen LogP contribution in [0.4, 0.5) is 5.82 Å². The van der Waals surface area contributed by atoms with Crippen LogP contribution in [0.15, 0.2) is 48.9 Å². The molecule has 2 aliphatic rings. The zero-order chi connectivity index (χ0) is 19.8. The first-order chi connectivity index (χ1) is 14.1. The third-order valence-corrected chi connectivity index (χ3v) is 6.06. The number of anilines is 1. The Balaban J connectivity index is 1.28. The van der Waals surface area contributed by atoms with Crippen molar-refractivity contribution in [3.05, 3.63) is 54.6 Å². The van der Waals surface area contributed by atoms with Gasteiger partial charge < -0.3 is 14.4 Å². The molecule has 0 saturated carbocycles. The Morgan fingerprint density at radius 3 is 2.66 bits per heavy atom. The third kappa shape index (κ3) is 3.14. The van der Waals surface area contributed by atoms with Crippen LogP contribution in [-0.2, 0) is 18.4 Å². The first-order valence-electron chi connectivity index (χ1n) is 9.90. The van der Waals surface area contributed by atoms with E-state index in [2.05, 4.69) is 25.1 Å². The normalized spacial score (nSPS) is 21.5. The molecule has 5 heterocycles. The lowest BCUT2D eigenvalue weighted by atomic mass is 9.85. The van der Waals surface area contributed by atoms with Crippen LogP contribution in [0.3, 0.4) is 0 Å². The molecule has 0 aromatic carbocycles. The van der Waals surface area contributed by atoms with Gasteiger partial charge in [0.15, 0.2) is 11.6 Å². The SMILES string of the molecule is Cn1ccnc1-c1ccc(N2CCC3(CCN(Cc4ccccn4)C3=O)C2)nn1. The van der Waals surface area contributed by atoms with Gasteiger partial charge in [0, 0.05) is 45.3 Å². The fourth-order valence-electron chi connectivity index (χ4n) is 4.40. The molecule has 1 spiro atoms. The van der Waals surface area contributed by atoms with E-state index in [4.69, 9.17) is 0 Å². The Kier molecular flexibility index (Phi) is 4.26. The van der Waals surface area contributed by atoms with E-state index in [-0.39, 0.29) is 11.3 Å². The standard InChI is InChI=1S/C21H23N7O/c1-26-13-10-23-19(26)17-5-6-18(25-24-17)28-12-8-21(15-28)7-11-27(20(21)29)14-16-4-2-3-9-22-16/h2-6,9-10,13H,7-8,11-12,14-15H2,1H3. The molecule has 148 valence electrons. The van der Waals surface area contributed by atoms with Crippen LogP contribution in [0.1, 0.15) is 18.5 Å². The number of amides is 1. The van der Waals surface area contributed by atoms with Crippen molar-refractivity contribution in [2.45, 2.75) is 19.4 Å². The van der Waals surface area contributed by atoms with Gasteiger partial charge in [-0.3, -0.25) is 9.78 Å². The Morgan fingerprint density at radius 2 is 1.93 bits per heavy atom. The number of aryl methyl sites for hydroxylation is 1. The maximum Gasteiger partial charge on any atom is 0.231 e. The van der Waals surface area contributed by atoms with Gasteiger partial charge in [-0.15, -0.1) is 10.2 Å². The van der Waals surface area contributed by atoms with Gasteiger partial charge in [-0.05, 0) is 37.1 Å². The summed E-state index contributed by atoms with van der Waals surface area (Å²) in [4.78, 5) is 26.0. The largest absolute Gasteiger partial charge is 0.354 e. The summed E-state index contributed by atoms with van der Waals surface area (Å²) in [6.07, 6.45) is 7.15. The molecule has 1 unspecified atom stereocenters. The molecule has 2 aliphatic heterocycles. The Morgan fingerprint density at radius 1 is 1.03 bits per heavy atom. The number of likely N-dealkylation sites (tertiary alicyclic amines) is 1. The highest BCUT2D eigenvalue weighted by molar-refractivity contribution is 5.86. The second kappa shape index (κ2) is 6.95. The number of hydrogen-bond donors (Lipinski definition) is 0. The van der Waals surface area contributed by atoms with Crippen LogP contribution in [0.25, 0.3) is 11.5 Å². The highest BCUT2D eigenvalue weighted by Crippen LogP contribution is 2.42. The second-order valence-electron chi connectivity index (χ2n) is 7.89. The Bertz CT molecular complexity index is 1020. The number of pyridine rings is 1. The number of carbonyl (C=O) groups is 1. The van der Waals surface area contributed by atoms with Crippen molar-refractivity contribution < 1.29 is 4.79 Å². The molecule has 1 amide bonds. The number of aromatic nitrogens is 5. The molecule has 0 N–H and O–H groups in total. The van der Waals surface area contributed by atoms with Gasteiger partial charge in [0.2, 0.25) is 5.91 Å². The monoisotopic (exact) mass is 389 g/mol. The minimum absolute atomic E-state index is 0.239. The van der Waals surface area contributed by atoms with E-state index < -0.39 is 0 Å². The highest BCUT2D eigenvalue weighted by atomic mass is 16.2. The predicted octanol–water partition coefficient (Wildman–Crippen LogP) is 1.90. The van der Waals surface area contributed by atoms with E-state index in [1.807, 2.05) is 53.0 Å². The average Bonchev–Trinajstić information content (AvgIpc) is 3.45. The zero-order valence-corrected chi connectivity index (χ0v) is 16.4. The fraction of sp³-hybridized carbons (Fsp3) is 0.381. The van der Waals surface area contributed by atoms with Gasteiger partial charge >= 0.3 is 0 Å². The molecular weight excluding hydrogens is 366 g/mol. The summed E-state index contributed by atoms with van der Waals surface area (Å²) in [7, 11) is 1.94. The molecule has 0 radical (unpaired) electrons. The zero-order valence-electron chi connectivity index (χ0n) is 16.4. The van der Waals surface area contributed by atoms with E-state index in [0.29, 0.717) is 13.1 Å². The fourth-order valence-corrected chi connectivity index (χ4v) is 4.40. The van der Waals surface area contributed by atoms with Crippen LogP contribution in [0.5, 0.6) is 0 Å². The Hall–Kier alpha value is -3.29. The van der Waals surface area contributed by atoms with Crippen molar-refractivity contribution >= 4 is 11.7 Å². The minimum atomic E-state index is -0.311. The van der Waals surface area contributed by atoms with Gasteiger partial charge in [-0.1, -0.05) is 6.07 Å². The van der Waals surface area contributed by atoms with Gasteiger partial charge in [0.1, 0.15) is 5.69 Å². The lowest BCUT2D eigenvalue weighted by Gasteiger charge is -2.23. The van der Waals surface area contributed by atoms with Crippen molar-refractivity contribution in [1.82, 2.24) is 29.6 Å². The number of carbonyl (C=O) groups excluding carboxylic acids is 1. The summed E-state index contributed by atoms with van der Waals surface area (Å²) in [6, 6.07) is 9.74. The quantitative estimate of drug-likeness (QED) is 0.678. The summed E-state index contributed by atoms with van der Waals surface area (Å²) in [5.41, 5.74) is 1.37. The van der Waals surface area contributed by atoms with Gasteiger partial charge in [0.25, 0.3) is 0 Å². The number of hydrogen-bond acceptors (Lipinski definition) is 6. The molecule has 1 atom stereocenters. The lowest BCUT2D eigenvalue weighted by molar-refractivity contribution is -0.135. The topological polar surface area (TPSA) is 80.0 Å². The Labute approximate surface area is 169 Å². The van der Waals surface area contributed by atoms with E-state index in [9.17, 15) is 4.79 Å². The minimum Gasteiger partial charge on any atom is -0.354 e. The first kappa shape index (κ1) is 17.8. The molecule has 8 nitrogen and oxygen atoms in total. The van der Waals surface area contributed by atoms with Gasteiger partial charge in [-0.25, -0.2) is 4.98 Å². The smallest absolute Gasteiger partial charge is 0.231 e. The molecule has 5 rings (SSSR count). The number of rotatable bonds is 4. The highest BCUT2D eigenvalue weighted by Gasteiger charge is 2.51. The van der Waals surface area contributed by atoms with Crippen LogP contribution in [-0.4, -0.2) is 55.2 Å². The van der Waals surface area contributed by atoms with E-state index in [1.165, 1.54) is 0 Å². The van der Waals surface area contributed by atoms with Gasteiger partial charge in [-0.2, -0.15) is 0 Å². The molecule has 0 aliphatic carbocycles. The number of nitrogens with zero attached hydrogens (tertiary/aromatic N) is 7. The van der Waals surface area contributed by atoms with Crippen LogP contribution in [0.2, 0.25) is 0 Å². The van der Waals surface area contributed by atoms with Crippen LogP contribution >= 0.6 is 0 Å². The lowest BCUT2D eigenvalue weighted by Crippen LogP contribution is -2.37. The van der Waals surface area contributed by atoms with Crippen molar-refractivity contribution in [3.8, 4) is 11.5 Å². The molecule has 2 fully saturated rings. The molecule has 0 bridgehead atoms. The summed E-state index contributed by atoms with van der Waals surface area (Å²) in [5, 5.41) is 8.76. The summed E-state index contributed by atoms with van der Waals surface area (Å²) in [5.74, 6) is 1.84. The van der Waals surface area contributed by atoms with Crippen molar-refractivity contribution in [2.75, 3.05) is 24.5 Å². The van der Waals surface area contributed by atoms with Gasteiger partial charge in [0.05, 0.1) is 17.7 Å². The van der Waals surface area contributed by atoms with E-state index >= 15 is 0 Å². The average molecular weight is 389 g/mol. The van der Waals surface area contributed by atoms with Crippen molar-refractivity contribution in [1.29, 1.82) is 0 Å². The van der Waals surface area contributed by atoms with Crippen molar-refractivity contribution in [2.24, 2.45) is 12.5 Å². The maximum absolute atomic E-state index is 13.2. The molecular formula is C21H23N7O. The summed E-state index contributed by atoms with van der Waals surface area (Å²) < 4.78 is 1.92. The third-order valence-electron chi connectivity index (χ3n) is 6.06. The summed E-state index contributed by atoms with van der Waals surface area (Å²) >= 11 is 0. The molecule has 2 saturated heterocycles. The van der Waals surface area contributed by atoms with Crippen molar-refractivity contribution in [3.63, 3.8) is 0 Å². The molecule has 29 heavy (non-hydrogen) atoms. The predicted molar refractivity (Wildman–Crippen MR) is 108 cm³/mol. The molecule has 8 heteroatoms.